The second-order valence-electron chi connectivity index (χ2n) is 5.39. The number of hydrogen-bond donors (Lipinski definition) is 1. The summed E-state index contributed by atoms with van der Waals surface area (Å²) in [6.07, 6.45) is 3.99. The van der Waals surface area contributed by atoms with Crippen LogP contribution in [-0.2, 0) is 6.42 Å². The van der Waals surface area contributed by atoms with E-state index in [1.54, 1.807) is 24.4 Å². The largest absolute Gasteiger partial charge is 0.307 e. The minimum absolute atomic E-state index is 0.192. The smallest absolute Gasteiger partial charge is 0.256 e. The number of rotatable bonds is 4. The van der Waals surface area contributed by atoms with Gasteiger partial charge in [-0.05, 0) is 54.4 Å². The molecule has 1 amide bonds. The van der Waals surface area contributed by atoms with Crippen LogP contribution < -0.4 is 5.32 Å². The molecule has 2 heterocycles. The van der Waals surface area contributed by atoms with E-state index in [2.05, 4.69) is 15.3 Å². The fraction of sp³-hybridized carbons (Fsp3) is 0.105. The summed E-state index contributed by atoms with van der Waals surface area (Å²) in [4.78, 5) is 20.5. The Balaban J connectivity index is 1.85. The van der Waals surface area contributed by atoms with Gasteiger partial charge < -0.3 is 5.32 Å². The number of carbonyl (C=O) groups is 1. The lowest BCUT2D eigenvalue weighted by atomic mass is 10.1. The van der Waals surface area contributed by atoms with Gasteiger partial charge in [-0.15, -0.1) is 0 Å². The third kappa shape index (κ3) is 3.83. The Morgan fingerprint density at radius 2 is 2.00 bits per heavy atom. The number of benzene rings is 1. The van der Waals surface area contributed by atoms with Crippen molar-refractivity contribution in [1.29, 1.82) is 0 Å². The lowest BCUT2D eigenvalue weighted by Gasteiger charge is -2.08. The van der Waals surface area contributed by atoms with Crippen LogP contribution in [-0.4, -0.2) is 15.9 Å². The number of amides is 1. The molecule has 1 N–H and O–H groups in total. The van der Waals surface area contributed by atoms with Crippen LogP contribution in [0.15, 0.2) is 54.9 Å². The van der Waals surface area contributed by atoms with E-state index in [1.807, 2.05) is 13.0 Å². The van der Waals surface area contributed by atoms with Crippen molar-refractivity contribution >= 4 is 23.3 Å². The van der Waals surface area contributed by atoms with Gasteiger partial charge in [-0.2, -0.15) is 0 Å². The van der Waals surface area contributed by atoms with Crippen molar-refractivity contribution in [2.75, 3.05) is 5.32 Å². The van der Waals surface area contributed by atoms with Crippen LogP contribution in [0.5, 0.6) is 0 Å². The Morgan fingerprint density at radius 1 is 1.16 bits per heavy atom. The van der Waals surface area contributed by atoms with Gasteiger partial charge in [-0.3, -0.25) is 9.78 Å². The Hall–Kier alpha value is -2.79. The van der Waals surface area contributed by atoms with Crippen molar-refractivity contribution in [3.05, 3.63) is 76.8 Å². The normalized spacial score (nSPS) is 10.5. The zero-order valence-corrected chi connectivity index (χ0v) is 14.2. The van der Waals surface area contributed by atoms with Gasteiger partial charge in [0.1, 0.15) is 11.6 Å². The fourth-order valence-electron chi connectivity index (χ4n) is 2.38. The van der Waals surface area contributed by atoms with E-state index in [4.69, 9.17) is 11.6 Å². The molecule has 3 aromatic rings. The van der Waals surface area contributed by atoms with Gasteiger partial charge >= 0.3 is 0 Å². The first kappa shape index (κ1) is 17.0. The summed E-state index contributed by atoms with van der Waals surface area (Å²) in [6.45, 7) is 2.01. The van der Waals surface area contributed by atoms with Crippen molar-refractivity contribution in [1.82, 2.24) is 9.97 Å². The molecule has 0 aliphatic heterocycles. The summed E-state index contributed by atoms with van der Waals surface area (Å²) in [5, 5.41) is 3.02. The number of hydrogen-bond acceptors (Lipinski definition) is 3. The molecule has 0 unspecified atom stereocenters. The van der Waals surface area contributed by atoms with Gasteiger partial charge in [-0.1, -0.05) is 18.5 Å². The van der Waals surface area contributed by atoms with Crippen LogP contribution in [0.1, 0.15) is 22.8 Å². The maximum Gasteiger partial charge on any atom is 0.256 e. The molecule has 1 aromatic carbocycles. The molecule has 3 rings (SSSR count). The molecule has 0 saturated heterocycles. The van der Waals surface area contributed by atoms with Gasteiger partial charge in [-0.25, -0.2) is 9.37 Å². The lowest BCUT2D eigenvalue weighted by Crippen LogP contribution is -2.13. The van der Waals surface area contributed by atoms with Gasteiger partial charge in [0.15, 0.2) is 0 Å². The summed E-state index contributed by atoms with van der Waals surface area (Å²) in [6, 6.07) is 11.2. The van der Waals surface area contributed by atoms with E-state index in [9.17, 15) is 9.18 Å². The fourth-order valence-corrected chi connectivity index (χ4v) is 2.61. The summed E-state index contributed by atoms with van der Waals surface area (Å²) >= 11 is 6.05. The van der Waals surface area contributed by atoms with E-state index in [0.29, 0.717) is 16.5 Å². The Kier molecular flexibility index (Phi) is 5.05. The standard InChI is InChI=1S/C19H15ClFN3O/c1-2-12-7-9-22-17(10-12)24-19(25)13-5-6-14(16(21)11-13)18-15(20)4-3-8-23-18/h3-11H,2H2,1H3,(H,22,24,25). The number of anilines is 1. The maximum atomic E-state index is 14.4. The van der Waals surface area contributed by atoms with Crippen LogP contribution in [0.3, 0.4) is 0 Å². The molecule has 2 aromatic heterocycles. The van der Waals surface area contributed by atoms with Gasteiger partial charge in [0, 0.05) is 23.5 Å². The number of halogens is 2. The van der Waals surface area contributed by atoms with Crippen molar-refractivity contribution in [2.24, 2.45) is 0 Å². The molecule has 6 heteroatoms. The topological polar surface area (TPSA) is 54.9 Å². The zero-order valence-electron chi connectivity index (χ0n) is 13.5. The number of carbonyl (C=O) groups excluding carboxylic acids is 1. The minimum Gasteiger partial charge on any atom is -0.307 e. The monoisotopic (exact) mass is 355 g/mol. The van der Waals surface area contributed by atoms with E-state index < -0.39 is 11.7 Å². The minimum atomic E-state index is -0.566. The first-order valence-corrected chi connectivity index (χ1v) is 8.13. The highest BCUT2D eigenvalue weighted by Crippen LogP contribution is 2.28. The SMILES string of the molecule is CCc1ccnc(NC(=O)c2ccc(-c3ncccc3Cl)c(F)c2)c1. The van der Waals surface area contributed by atoms with Crippen LogP contribution in [0.25, 0.3) is 11.3 Å². The second-order valence-corrected chi connectivity index (χ2v) is 5.79. The van der Waals surface area contributed by atoms with Crippen LogP contribution in [0, 0.1) is 5.82 Å². The van der Waals surface area contributed by atoms with E-state index in [-0.39, 0.29) is 11.1 Å². The van der Waals surface area contributed by atoms with Crippen molar-refractivity contribution in [3.8, 4) is 11.3 Å². The molecule has 0 fully saturated rings. The van der Waals surface area contributed by atoms with Crippen LogP contribution in [0.2, 0.25) is 5.02 Å². The first-order chi connectivity index (χ1) is 12.1. The first-order valence-electron chi connectivity index (χ1n) is 7.75. The molecular weight excluding hydrogens is 341 g/mol. The Bertz CT molecular complexity index is 930. The molecule has 0 spiro atoms. The van der Waals surface area contributed by atoms with E-state index in [1.165, 1.54) is 24.4 Å². The number of aryl methyl sites for hydroxylation is 1. The number of nitrogens with one attached hydrogen (secondary N) is 1. The summed E-state index contributed by atoms with van der Waals surface area (Å²) in [7, 11) is 0. The van der Waals surface area contributed by atoms with Gasteiger partial charge in [0.2, 0.25) is 0 Å². The molecule has 4 nitrogen and oxygen atoms in total. The second kappa shape index (κ2) is 7.40. The molecule has 0 saturated carbocycles. The van der Waals surface area contributed by atoms with Gasteiger partial charge in [0.25, 0.3) is 5.91 Å². The molecule has 0 aliphatic carbocycles. The van der Waals surface area contributed by atoms with Crippen LogP contribution in [0.4, 0.5) is 10.2 Å². The average Bonchev–Trinajstić information content (AvgIpc) is 2.62. The molecule has 0 aliphatic rings. The lowest BCUT2D eigenvalue weighted by molar-refractivity contribution is 0.102. The highest BCUT2D eigenvalue weighted by atomic mass is 35.5. The number of pyridine rings is 2. The molecule has 0 atom stereocenters. The number of nitrogens with zero attached hydrogens (tertiary/aromatic N) is 2. The quantitative estimate of drug-likeness (QED) is 0.734. The van der Waals surface area contributed by atoms with E-state index in [0.717, 1.165) is 12.0 Å². The van der Waals surface area contributed by atoms with E-state index >= 15 is 0 Å². The Labute approximate surface area is 149 Å². The molecule has 0 bridgehead atoms. The van der Waals surface area contributed by atoms with Crippen molar-refractivity contribution in [2.45, 2.75) is 13.3 Å². The molecular formula is C19H15ClFN3O. The highest BCUT2D eigenvalue weighted by Gasteiger charge is 2.14. The Morgan fingerprint density at radius 3 is 2.72 bits per heavy atom. The summed E-state index contributed by atoms with van der Waals surface area (Å²) < 4.78 is 14.4. The highest BCUT2D eigenvalue weighted by molar-refractivity contribution is 6.33. The molecule has 0 radical (unpaired) electrons. The van der Waals surface area contributed by atoms with Gasteiger partial charge in [0.05, 0.1) is 10.7 Å². The number of aromatic nitrogens is 2. The maximum absolute atomic E-state index is 14.4. The molecule has 126 valence electrons. The van der Waals surface area contributed by atoms with Crippen molar-refractivity contribution in [3.63, 3.8) is 0 Å². The zero-order chi connectivity index (χ0) is 17.8. The average molecular weight is 356 g/mol. The van der Waals surface area contributed by atoms with Crippen LogP contribution >= 0.6 is 11.6 Å². The predicted octanol–water partition coefficient (Wildman–Crippen LogP) is 4.75. The third-order valence-electron chi connectivity index (χ3n) is 3.72. The third-order valence-corrected chi connectivity index (χ3v) is 4.02. The predicted molar refractivity (Wildman–Crippen MR) is 96.2 cm³/mol. The van der Waals surface area contributed by atoms with Crippen molar-refractivity contribution < 1.29 is 9.18 Å². The summed E-state index contributed by atoms with van der Waals surface area (Å²) in [5.41, 5.74) is 1.83. The molecule has 25 heavy (non-hydrogen) atoms. The summed E-state index contributed by atoms with van der Waals surface area (Å²) in [5.74, 6) is -0.566.